The molecule has 4 rings (SSSR count). The molecule has 1 fully saturated rings. The van der Waals surface area contributed by atoms with Crippen LogP contribution in [0.5, 0.6) is 0 Å². The number of benzene rings is 1. The van der Waals surface area contributed by atoms with Gasteiger partial charge >= 0.3 is 5.97 Å². The Hall–Kier alpha value is -2.67. The zero-order chi connectivity index (χ0) is 16.3. The van der Waals surface area contributed by atoms with Gasteiger partial charge in [-0.15, -0.1) is 0 Å². The van der Waals surface area contributed by atoms with Crippen LogP contribution in [-0.4, -0.2) is 15.6 Å². The number of pyridine rings is 1. The van der Waals surface area contributed by atoms with Crippen LogP contribution in [-0.2, 0) is 6.54 Å². The summed E-state index contributed by atoms with van der Waals surface area (Å²) < 4.78 is 21.7. The lowest BCUT2D eigenvalue weighted by atomic mass is 10.1. The molecule has 0 aliphatic heterocycles. The van der Waals surface area contributed by atoms with Crippen molar-refractivity contribution in [3.05, 3.63) is 45.7 Å². The van der Waals surface area contributed by atoms with Crippen LogP contribution in [0.2, 0.25) is 0 Å². The van der Waals surface area contributed by atoms with Crippen LogP contribution < -0.4 is 11.2 Å². The molecule has 23 heavy (non-hydrogen) atoms. The highest BCUT2D eigenvalue weighted by Crippen LogP contribution is 2.39. The van der Waals surface area contributed by atoms with Gasteiger partial charge in [0.15, 0.2) is 5.58 Å². The number of carbonyl (C=O) groups is 1. The average molecular weight is 316 g/mol. The Labute approximate surface area is 128 Å². The number of fused-ring (bicyclic) bond motifs is 3. The third-order valence-corrected chi connectivity index (χ3v) is 4.17. The standard InChI is InChI=1S/C16H13FN2O4/c17-12-4-10-13(15-9(12)3-8(5-18)23-15)19(7-1-2-7)6-11(14(10)20)16(21)22/h3-4,6-7H,1-2,5,18H2,(H,21,22). The van der Waals surface area contributed by atoms with Gasteiger partial charge in [0, 0.05) is 12.2 Å². The van der Waals surface area contributed by atoms with E-state index in [0.29, 0.717) is 11.3 Å². The van der Waals surface area contributed by atoms with E-state index in [1.165, 1.54) is 12.3 Å². The van der Waals surface area contributed by atoms with Gasteiger partial charge in [0.05, 0.1) is 22.8 Å². The van der Waals surface area contributed by atoms with E-state index >= 15 is 0 Å². The highest BCUT2D eigenvalue weighted by molar-refractivity contribution is 6.04. The first-order chi connectivity index (χ1) is 11.0. The van der Waals surface area contributed by atoms with Crippen molar-refractivity contribution in [3.63, 3.8) is 0 Å². The predicted molar refractivity (Wildman–Crippen MR) is 81.1 cm³/mol. The summed E-state index contributed by atoms with van der Waals surface area (Å²) in [5.74, 6) is -1.55. The van der Waals surface area contributed by atoms with Gasteiger partial charge in [0.25, 0.3) is 0 Å². The smallest absolute Gasteiger partial charge is 0.341 e. The van der Waals surface area contributed by atoms with Gasteiger partial charge in [-0.1, -0.05) is 0 Å². The highest BCUT2D eigenvalue weighted by atomic mass is 19.1. The van der Waals surface area contributed by atoms with Gasteiger partial charge < -0.3 is 19.8 Å². The van der Waals surface area contributed by atoms with Gasteiger partial charge in [-0.2, -0.15) is 0 Å². The largest absolute Gasteiger partial charge is 0.477 e. The number of nitrogens with zero attached hydrogens (tertiary/aromatic N) is 1. The summed E-state index contributed by atoms with van der Waals surface area (Å²) in [5, 5.41) is 9.49. The molecule has 2 heterocycles. The maximum absolute atomic E-state index is 14.3. The van der Waals surface area contributed by atoms with Crippen LogP contribution in [0.25, 0.3) is 21.9 Å². The second kappa shape index (κ2) is 4.66. The van der Waals surface area contributed by atoms with Crippen molar-refractivity contribution >= 4 is 27.8 Å². The zero-order valence-electron chi connectivity index (χ0n) is 12.0. The molecule has 3 N–H and O–H groups in total. The molecule has 0 unspecified atom stereocenters. The van der Waals surface area contributed by atoms with Crippen molar-refractivity contribution in [1.82, 2.24) is 4.57 Å². The van der Waals surface area contributed by atoms with Crippen LogP contribution in [0.1, 0.15) is 35.0 Å². The molecule has 1 aliphatic rings. The first kappa shape index (κ1) is 14.0. The minimum atomic E-state index is -1.33. The molecular formula is C16H13FN2O4. The number of carboxylic acid groups (broad SMARTS) is 1. The Morgan fingerprint density at radius 1 is 1.39 bits per heavy atom. The van der Waals surface area contributed by atoms with E-state index in [1.54, 1.807) is 4.57 Å². The van der Waals surface area contributed by atoms with Crippen molar-refractivity contribution in [1.29, 1.82) is 0 Å². The van der Waals surface area contributed by atoms with Gasteiger partial charge in [0.1, 0.15) is 17.1 Å². The summed E-state index contributed by atoms with van der Waals surface area (Å²) in [6.45, 7) is 0.108. The first-order valence-electron chi connectivity index (χ1n) is 7.24. The van der Waals surface area contributed by atoms with Crippen molar-refractivity contribution in [2.75, 3.05) is 0 Å². The summed E-state index contributed by atoms with van der Waals surface area (Å²) in [5.41, 5.74) is 5.14. The lowest BCUT2D eigenvalue weighted by Crippen LogP contribution is -2.19. The SMILES string of the molecule is NCc1cc2c(F)cc3c(=O)c(C(=O)O)cn(C4CC4)c3c2o1. The minimum absolute atomic E-state index is 0.0136. The fourth-order valence-corrected chi connectivity index (χ4v) is 2.92. The summed E-state index contributed by atoms with van der Waals surface area (Å²) in [6, 6.07) is 2.69. The monoisotopic (exact) mass is 316 g/mol. The molecule has 3 aromatic rings. The first-order valence-corrected chi connectivity index (χ1v) is 7.24. The number of hydrogen-bond donors (Lipinski definition) is 2. The minimum Gasteiger partial charge on any atom is -0.477 e. The van der Waals surface area contributed by atoms with Crippen LogP contribution in [0.4, 0.5) is 4.39 Å². The Bertz CT molecular complexity index is 1030. The Kier molecular flexibility index (Phi) is 2.83. The van der Waals surface area contributed by atoms with Crippen molar-refractivity contribution in [2.45, 2.75) is 25.4 Å². The maximum Gasteiger partial charge on any atom is 0.341 e. The number of carboxylic acids is 1. The van der Waals surface area contributed by atoms with Gasteiger partial charge in [-0.3, -0.25) is 4.79 Å². The normalized spacial score (nSPS) is 14.7. The molecule has 1 saturated carbocycles. The van der Waals surface area contributed by atoms with Crippen LogP contribution in [0, 0.1) is 5.82 Å². The lowest BCUT2D eigenvalue weighted by Gasteiger charge is -2.12. The van der Waals surface area contributed by atoms with E-state index in [-0.39, 0.29) is 34.5 Å². The number of nitrogens with two attached hydrogens (primary N) is 1. The topological polar surface area (TPSA) is 98.5 Å². The number of furan rings is 1. The number of aromatic nitrogens is 1. The second-order valence-electron chi connectivity index (χ2n) is 5.73. The van der Waals surface area contributed by atoms with Crippen molar-refractivity contribution < 1.29 is 18.7 Å². The van der Waals surface area contributed by atoms with E-state index in [1.807, 2.05) is 0 Å². The molecule has 0 amide bonds. The van der Waals surface area contributed by atoms with Crippen molar-refractivity contribution in [2.24, 2.45) is 5.73 Å². The Balaban J connectivity index is 2.23. The van der Waals surface area contributed by atoms with Gasteiger partial charge in [0.2, 0.25) is 5.43 Å². The Morgan fingerprint density at radius 2 is 2.13 bits per heavy atom. The Morgan fingerprint density at radius 3 is 2.74 bits per heavy atom. The molecular weight excluding hydrogens is 303 g/mol. The maximum atomic E-state index is 14.3. The average Bonchev–Trinajstić information content (AvgIpc) is 3.26. The van der Waals surface area contributed by atoms with E-state index < -0.39 is 17.2 Å². The number of hydrogen-bond acceptors (Lipinski definition) is 4. The van der Waals surface area contributed by atoms with Crippen LogP contribution in [0.3, 0.4) is 0 Å². The number of aromatic carboxylic acids is 1. The lowest BCUT2D eigenvalue weighted by molar-refractivity contribution is 0.0695. The molecule has 6 nitrogen and oxygen atoms in total. The highest BCUT2D eigenvalue weighted by Gasteiger charge is 2.29. The quantitative estimate of drug-likeness (QED) is 0.773. The third-order valence-electron chi connectivity index (χ3n) is 4.17. The van der Waals surface area contributed by atoms with Crippen molar-refractivity contribution in [3.8, 4) is 0 Å². The number of halogens is 1. The second-order valence-corrected chi connectivity index (χ2v) is 5.73. The molecule has 2 aromatic heterocycles. The molecule has 0 spiro atoms. The molecule has 118 valence electrons. The third kappa shape index (κ3) is 1.97. The number of rotatable bonds is 3. The van der Waals surface area contributed by atoms with Gasteiger partial charge in [-0.25, -0.2) is 9.18 Å². The predicted octanol–water partition coefficient (Wildman–Crippen LogP) is 2.38. The van der Waals surface area contributed by atoms with E-state index in [2.05, 4.69) is 0 Å². The summed E-state index contributed by atoms with van der Waals surface area (Å²) >= 11 is 0. The molecule has 0 bridgehead atoms. The molecule has 1 aliphatic carbocycles. The van der Waals surface area contributed by atoms with E-state index in [9.17, 15) is 19.1 Å². The molecule has 1 aromatic carbocycles. The molecule has 0 radical (unpaired) electrons. The molecule has 0 atom stereocenters. The van der Waals surface area contributed by atoms with Crippen LogP contribution >= 0.6 is 0 Å². The summed E-state index contributed by atoms with van der Waals surface area (Å²) in [4.78, 5) is 23.7. The fraction of sp³-hybridized carbons (Fsp3) is 0.250. The van der Waals surface area contributed by atoms with E-state index in [4.69, 9.17) is 10.2 Å². The van der Waals surface area contributed by atoms with Gasteiger partial charge in [-0.05, 0) is 25.0 Å². The van der Waals surface area contributed by atoms with E-state index in [0.717, 1.165) is 18.9 Å². The van der Waals surface area contributed by atoms with Crippen LogP contribution in [0.15, 0.2) is 27.5 Å². The zero-order valence-corrected chi connectivity index (χ0v) is 12.0. The molecule has 7 heteroatoms. The summed E-state index contributed by atoms with van der Waals surface area (Å²) in [7, 11) is 0. The fourth-order valence-electron chi connectivity index (χ4n) is 2.92. The molecule has 0 saturated heterocycles. The summed E-state index contributed by atoms with van der Waals surface area (Å²) in [6.07, 6.45) is 3.08.